The van der Waals surface area contributed by atoms with E-state index < -0.39 is 35.7 Å². The highest BCUT2D eigenvalue weighted by Crippen LogP contribution is 2.30. The highest BCUT2D eigenvalue weighted by molar-refractivity contribution is 5.83. The van der Waals surface area contributed by atoms with Crippen molar-refractivity contribution < 1.29 is 28.2 Å². The van der Waals surface area contributed by atoms with Crippen LogP contribution in [0.25, 0.3) is 0 Å². The lowest BCUT2D eigenvalue weighted by molar-refractivity contribution is -0.138. The number of carboxylic acid groups (broad SMARTS) is 1. The summed E-state index contributed by atoms with van der Waals surface area (Å²) >= 11 is 0. The third-order valence-electron chi connectivity index (χ3n) is 3.96. The molecule has 0 fully saturated rings. The van der Waals surface area contributed by atoms with Crippen LogP contribution in [0.2, 0.25) is 0 Å². The molecule has 25 heavy (non-hydrogen) atoms. The third-order valence-corrected chi connectivity index (χ3v) is 3.96. The Labute approximate surface area is 142 Å². The van der Waals surface area contributed by atoms with E-state index in [1.165, 1.54) is 42.5 Å². The maximum Gasteiger partial charge on any atom is 0.305 e. The Morgan fingerprint density at radius 2 is 1.84 bits per heavy atom. The van der Waals surface area contributed by atoms with E-state index in [1.807, 2.05) is 0 Å². The molecular weight excluding hydrogens is 332 g/mol. The van der Waals surface area contributed by atoms with Crippen molar-refractivity contribution in [3.63, 3.8) is 0 Å². The molecule has 1 aliphatic heterocycles. The zero-order valence-electron chi connectivity index (χ0n) is 13.0. The van der Waals surface area contributed by atoms with Gasteiger partial charge in [0.2, 0.25) is 0 Å². The van der Waals surface area contributed by atoms with E-state index >= 15 is 0 Å². The summed E-state index contributed by atoms with van der Waals surface area (Å²) in [5, 5.41) is 11.7. The van der Waals surface area contributed by atoms with Gasteiger partial charge in [0, 0.05) is 12.0 Å². The van der Waals surface area contributed by atoms with Crippen molar-refractivity contribution in [1.29, 1.82) is 0 Å². The second-order valence-electron chi connectivity index (χ2n) is 5.77. The molecule has 0 unspecified atom stereocenters. The summed E-state index contributed by atoms with van der Waals surface area (Å²) in [4.78, 5) is 23.5. The first-order valence-electron chi connectivity index (χ1n) is 7.65. The zero-order chi connectivity index (χ0) is 18.0. The van der Waals surface area contributed by atoms with Crippen LogP contribution in [-0.4, -0.2) is 23.1 Å². The highest BCUT2D eigenvalue weighted by Gasteiger charge is 2.31. The van der Waals surface area contributed by atoms with E-state index in [1.54, 1.807) is 0 Å². The summed E-state index contributed by atoms with van der Waals surface area (Å²) in [6.45, 7) is 0. The number of halogens is 2. The maximum atomic E-state index is 13.2. The first kappa shape index (κ1) is 16.9. The minimum Gasteiger partial charge on any atom is -0.481 e. The number of nitrogens with one attached hydrogen (secondary N) is 1. The Morgan fingerprint density at radius 3 is 2.52 bits per heavy atom. The van der Waals surface area contributed by atoms with Crippen LogP contribution in [0.3, 0.4) is 0 Å². The number of amides is 1. The predicted octanol–water partition coefficient (Wildman–Crippen LogP) is 2.60. The molecule has 0 saturated carbocycles. The lowest BCUT2D eigenvalue weighted by Crippen LogP contribution is -2.40. The summed E-state index contributed by atoms with van der Waals surface area (Å²) in [5.74, 6) is -2.06. The van der Waals surface area contributed by atoms with Gasteiger partial charge in [-0.05, 0) is 35.9 Å². The van der Waals surface area contributed by atoms with Crippen LogP contribution in [0.5, 0.6) is 5.75 Å². The molecule has 0 aromatic heterocycles. The number of carboxylic acids is 1. The number of rotatable bonds is 5. The molecule has 0 spiro atoms. The molecule has 5 nitrogen and oxygen atoms in total. The molecule has 0 saturated heterocycles. The van der Waals surface area contributed by atoms with Crippen molar-refractivity contribution in [2.24, 2.45) is 0 Å². The molecule has 2 aromatic rings. The summed E-state index contributed by atoms with van der Waals surface area (Å²) < 4.78 is 31.8. The molecule has 0 radical (unpaired) electrons. The molecule has 3 rings (SSSR count). The van der Waals surface area contributed by atoms with Gasteiger partial charge in [0.05, 0.1) is 12.5 Å². The first-order valence-corrected chi connectivity index (χ1v) is 7.65. The molecule has 130 valence electrons. The second-order valence-corrected chi connectivity index (χ2v) is 5.77. The minimum absolute atomic E-state index is 0.197. The number of benzene rings is 2. The molecule has 2 N–H and O–H groups in total. The van der Waals surface area contributed by atoms with Gasteiger partial charge in [-0.25, -0.2) is 8.78 Å². The molecule has 0 aliphatic carbocycles. The van der Waals surface area contributed by atoms with Gasteiger partial charge in [-0.2, -0.15) is 0 Å². The van der Waals surface area contributed by atoms with Gasteiger partial charge in [0.1, 0.15) is 17.4 Å². The van der Waals surface area contributed by atoms with Crippen molar-refractivity contribution >= 4 is 11.9 Å². The smallest absolute Gasteiger partial charge is 0.305 e. The lowest BCUT2D eigenvalue weighted by Gasteiger charge is -2.20. The number of aliphatic carboxylic acids is 1. The maximum absolute atomic E-state index is 13.2. The Bertz CT molecular complexity index is 807. The largest absolute Gasteiger partial charge is 0.481 e. The van der Waals surface area contributed by atoms with Gasteiger partial charge >= 0.3 is 5.97 Å². The van der Waals surface area contributed by atoms with E-state index in [9.17, 15) is 18.4 Å². The van der Waals surface area contributed by atoms with Crippen LogP contribution in [0, 0.1) is 11.6 Å². The van der Waals surface area contributed by atoms with E-state index in [4.69, 9.17) is 9.84 Å². The lowest BCUT2D eigenvalue weighted by atomic mass is 10.0. The number of hydrogen-bond donors (Lipinski definition) is 2. The van der Waals surface area contributed by atoms with Crippen LogP contribution in [-0.2, 0) is 16.0 Å². The predicted molar refractivity (Wildman–Crippen MR) is 84.1 cm³/mol. The average Bonchev–Trinajstić information content (AvgIpc) is 2.97. The molecule has 7 heteroatoms. The minimum atomic E-state index is -1.10. The fourth-order valence-electron chi connectivity index (χ4n) is 2.75. The van der Waals surface area contributed by atoms with Crippen molar-refractivity contribution in [1.82, 2.24) is 5.32 Å². The van der Waals surface area contributed by atoms with Crippen molar-refractivity contribution in [2.45, 2.75) is 25.0 Å². The standard InChI is InChI=1S/C18H15F2NO4/c19-12-3-1-10(2-4-12)14(9-17(22)23)21-18(24)16-8-11-7-13(20)5-6-15(11)25-16/h1-7,14,16H,8-9H2,(H,21,24)(H,22,23)/t14-,16-/m1/s1. The summed E-state index contributed by atoms with van der Waals surface area (Å²) in [5.41, 5.74) is 1.05. The van der Waals surface area contributed by atoms with Gasteiger partial charge < -0.3 is 15.2 Å². The van der Waals surface area contributed by atoms with Crippen LogP contribution in [0.15, 0.2) is 42.5 Å². The Hall–Kier alpha value is -2.96. The summed E-state index contributed by atoms with van der Waals surface area (Å²) in [6, 6.07) is 8.40. The number of ether oxygens (including phenoxy) is 1. The Morgan fingerprint density at radius 1 is 1.16 bits per heavy atom. The molecule has 0 bridgehead atoms. The molecule has 2 aromatic carbocycles. The van der Waals surface area contributed by atoms with E-state index in [-0.39, 0.29) is 12.8 Å². The number of carbonyl (C=O) groups excluding carboxylic acids is 1. The van der Waals surface area contributed by atoms with Gasteiger partial charge in [0.25, 0.3) is 5.91 Å². The summed E-state index contributed by atoms with van der Waals surface area (Å²) in [7, 11) is 0. The van der Waals surface area contributed by atoms with Crippen LogP contribution in [0.4, 0.5) is 8.78 Å². The Kier molecular flexibility index (Phi) is 4.65. The zero-order valence-corrected chi connectivity index (χ0v) is 13.0. The highest BCUT2D eigenvalue weighted by atomic mass is 19.1. The molecule has 1 amide bonds. The first-order chi connectivity index (χ1) is 11.9. The summed E-state index contributed by atoms with van der Waals surface area (Å²) in [6.07, 6.45) is -1.03. The van der Waals surface area contributed by atoms with E-state index in [0.717, 1.165) is 0 Å². The Balaban J connectivity index is 1.72. The van der Waals surface area contributed by atoms with Crippen LogP contribution >= 0.6 is 0 Å². The van der Waals surface area contributed by atoms with Gasteiger partial charge in [-0.15, -0.1) is 0 Å². The normalized spacial score (nSPS) is 16.6. The molecule has 1 aliphatic rings. The van der Waals surface area contributed by atoms with Crippen LogP contribution in [0.1, 0.15) is 23.6 Å². The van der Waals surface area contributed by atoms with Crippen molar-refractivity contribution in [2.75, 3.05) is 0 Å². The number of fused-ring (bicyclic) bond motifs is 1. The third kappa shape index (κ3) is 3.93. The van der Waals surface area contributed by atoms with Gasteiger partial charge in [-0.3, -0.25) is 9.59 Å². The number of hydrogen-bond acceptors (Lipinski definition) is 3. The topological polar surface area (TPSA) is 75.6 Å². The molecular formula is C18H15F2NO4. The van der Waals surface area contributed by atoms with E-state index in [0.29, 0.717) is 16.9 Å². The average molecular weight is 347 g/mol. The van der Waals surface area contributed by atoms with E-state index in [2.05, 4.69) is 5.32 Å². The van der Waals surface area contributed by atoms with Crippen LogP contribution < -0.4 is 10.1 Å². The van der Waals surface area contributed by atoms with Gasteiger partial charge in [0.15, 0.2) is 6.10 Å². The number of carbonyl (C=O) groups is 2. The monoisotopic (exact) mass is 347 g/mol. The van der Waals surface area contributed by atoms with Gasteiger partial charge in [-0.1, -0.05) is 12.1 Å². The van der Waals surface area contributed by atoms with Crippen molar-refractivity contribution in [3.05, 3.63) is 65.2 Å². The second kappa shape index (κ2) is 6.88. The fraction of sp³-hybridized carbons (Fsp3) is 0.222. The fourth-order valence-corrected chi connectivity index (χ4v) is 2.75. The molecule has 1 heterocycles. The quantitative estimate of drug-likeness (QED) is 0.872. The molecule has 2 atom stereocenters. The SMILES string of the molecule is O=C(O)C[C@@H](NC(=O)[C@H]1Cc2cc(F)ccc2O1)c1ccc(F)cc1. The van der Waals surface area contributed by atoms with Crippen molar-refractivity contribution in [3.8, 4) is 5.75 Å².